The molecule has 20 heavy (non-hydrogen) atoms. The highest BCUT2D eigenvalue weighted by atomic mass is 32.1. The summed E-state index contributed by atoms with van der Waals surface area (Å²) in [6.07, 6.45) is 7.48. The van der Waals surface area contributed by atoms with Crippen molar-refractivity contribution in [3.63, 3.8) is 0 Å². The van der Waals surface area contributed by atoms with Gasteiger partial charge in [0.2, 0.25) is 5.91 Å². The van der Waals surface area contributed by atoms with E-state index in [0.29, 0.717) is 24.5 Å². The second kappa shape index (κ2) is 6.27. The van der Waals surface area contributed by atoms with Crippen molar-refractivity contribution in [2.75, 3.05) is 20.1 Å². The predicted molar refractivity (Wildman–Crippen MR) is 82.9 cm³/mol. The molecule has 1 saturated heterocycles. The Kier molecular flexibility index (Phi) is 4.41. The average Bonchev–Trinajstić information content (AvgIpc) is 2.97. The number of thiophene rings is 1. The van der Waals surface area contributed by atoms with E-state index in [1.807, 2.05) is 23.3 Å². The standard InChI is InChI=1S/C16H24N2OS/c1-17(13-6-3-2-4-7-13)16(19)12-18-10-9-14(18)15-8-5-11-20-15/h5,8,11,13-14H,2-4,6-7,9-10,12H2,1H3/t14-/m0/s1. The van der Waals surface area contributed by atoms with Crippen LogP contribution in [-0.4, -0.2) is 41.9 Å². The van der Waals surface area contributed by atoms with Crippen LogP contribution in [0, 0.1) is 0 Å². The van der Waals surface area contributed by atoms with E-state index in [4.69, 9.17) is 0 Å². The number of likely N-dealkylation sites (N-methyl/N-ethyl adjacent to an activating group) is 1. The third kappa shape index (κ3) is 2.91. The maximum absolute atomic E-state index is 12.4. The number of nitrogens with zero attached hydrogens (tertiary/aromatic N) is 2. The third-order valence-corrected chi connectivity index (χ3v) is 5.83. The van der Waals surface area contributed by atoms with Crippen LogP contribution in [0.5, 0.6) is 0 Å². The van der Waals surface area contributed by atoms with Crippen LogP contribution in [0.3, 0.4) is 0 Å². The summed E-state index contributed by atoms with van der Waals surface area (Å²) in [6, 6.07) is 5.26. The minimum atomic E-state index is 0.304. The molecule has 3 nitrogen and oxygen atoms in total. The van der Waals surface area contributed by atoms with E-state index in [9.17, 15) is 4.79 Å². The van der Waals surface area contributed by atoms with Crippen molar-refractivity contribution in [3.8, 4) is 0 Å². The maximum atomic E-state index is 12.4. The summed E-state index contributed by atoms with van der Waals surface area (Å²) in [7, 11) is 2.00. The molecule has 0 N–H and O–H groups in total. The Labute approximate surface area is 125 Å². The third-order valence-electron chi connectivity index (χ3n) is 4.86. The lowest BCUT2D eigenvalue weighted by Crippen LogP contribution is -2.49. The fourth-order valence-corrected chi connectivity index (χ4v) is 4.29. The van der Waals surface area contributed by atoms with Crippen LogP contribution in [0.4, 0.5) is 0 Å². The van der Waals surface area contributed by atoms with E-state index in [2.05, 4.69) is 22.4 Å². The number of likely N-dealkylation sites (tertiary alicyclic amines) is 1. The van der Waals surface area contributed by atoms with Crippen LogP contribution in [0.25, 0.3) is 0 Å². The number of carbonyl (C=O) groups excluding carboxylic acids is 1. The normalized spacial score (nSPS) is 24.4. The smallest absolute Gasteiger partial charge is 0.236 e. The van der Waals surface area contributed by atoms with Gasteiger partial charge in [-0.05, 0) is 30.7 Å². The van der Waals surface area contributed by atoms with E-state index in [1.165, 1.54) is 43.4 Å². The van der Waals surface area contributed by atoms with E-state index in [-0.39, 0.29) is 0 Å². The van der Waals surface area contributed by atoms with Crippen LogP contribution in [0.15, 0.2) is 17.5 Å². The van der Waals surface area contributed by atoms with Gasteiger partial charge in [-0.2, -0.15) is 0 Å². The first kappa shape index (κ1) is 14.1. The first-order valence-electron chi connectivity index (χ1n) is 7.79. The molecule has 1 aliphatic heterocycles. The van der Waals surface area contributed by atoms with Gasteiger partial charge in [0.15, 0.2) is 0 Å². The summed E-state index contributed by atoms with van der Waals surface area (Å²) < 4.78 is 0. The van der Waals surface area contributed by atoms with Gasteiger partial charge in [-0.15, -0.1) is 11.3 Å². The SMILES string of the molecule is CN(C(=O)CN1CC[C@H]1c1cccs1)C1CCCCC1. The number of hydrogen-bond acceptors (Lipinski definition) is 3. The fourth-order valence-electron chi connectivity index (χ4n) is 3.39. The minimum Gasteiger partial charge on any atom is -0.342 e. The number of hydrogen-bond donors (Lipinski definition) is 0. The zero-order valence-electron chi connectivity index (χ0n) is 12.3. The van der Waals surface area contributed by atoms with Crippen LogP contribution < -0.4 is 0 Å². The molecule has 3 rings (SSSR count). The van der Waals surface area contributed by atoms with Gasteiger partial charge in [-0.1, -0.05) is 25.3 Å². The van der Waals surface area contributed by atoms with Gasteiger partial charge < -0.3 is 4.90 Å². The lowest BCUT2D eigenvalue weighted by atomic mass is 9.94. The van der Waals surface area contributed by atoms with Crippen LogP contribution in [0.1, 0.15) is 49.4 Å². The summed E-state index contributed by atoms with van der Waals surface area (Å²) >= 11 is 1.81. The molecule has 1 aromatic rings. The molecule has 0 spiro atoms. The molecule has 2 heterocycles. The highest BCUT2D eigenvalue weighted by Gasteiger charge is 2.33. The second-order valence-electron chi connectivity index (χ2n) is 6.09. The fraction of sp³-hybridized carbons (Fsp3) is 0.688. The van der Waals surface area contributed by atoms with Gasteiger partial charge in [-0.3, -0.25) is 9.69 Å². The zero-order valence-corrected chi connectivity index (χ0v) is 13.1. The number of amides is 1. The molecular weight excluding hydrogens is 268 g/mol. The van der Waals surface area contributed by atoms with Gasteiger partial charge in [0.05, 0.1) is 6.54 Å². The minimum absolute atomic E-state index is 0.304. The Morgan fingerprint density at radius 2 is 2.15 bits per heavy atom. The topological polar surface area (TPSA) is 23.6 Å². The predicted octanol–water partition coefficient (Wildman–Crippen LogP) is 3.29. The van der Waals surface area contributed by atoms with Gasteiger partial charge in [0.25, 0.3) is 0 Å². The zero-order chi connectivity index (χ0) is 13.9. The van der Waals surface area contributed by atoms with Crippen LogP contribution in [0.2, 0.25) is 0 Å². The first-order valence-corrected chi connectivity index (χ1v) is 8.67. The monoisotopic (exact) mass is 292 g/mol. The molecule has 4 heteroatoms. The quantitative estimate of drug-likeness (QED) is 0.850. The molecule has 2 fully saturated rings. The summed E-state index contributed by atoms with van der Waals surface area (Å²) in [5, 5.41) is 2.13. The molecular formula is C16H24N2OS. The summed E-state index contributed by atoms with van der Waals surface area (Å²) in [5.41, 5.74) is 0. The van der Waals surface area contributed by atoms with Gasteiger partial charge in [0, 0.05) is 30.6 Å². The van der Waals surface area contributed by atoms with Gasteiger partial charge >= 0.3 is 0 Å². The summed E-state index contributed by atoms with van der Waals surface area (Å²) in [5.74, 6) is 0.304. The van der Waals surface area contributed by atoms with Gasteiger partial charge in [-0.25, -0.2) is 0 Å². The van der Waals surface area contributed by atoms with E-state index >= 15 is 0 Å². The molecule has 110 valence electrons. The average molecular weight is 292 g/mol. The lowest BCUT2D eigenvalue weighted by molar-refractivity contribution is -0.136. The number of carbonyl (C=O) groups is 1. The van der Waals surface area contributed by atoms with Crippen molar-refractivity contribution < 1.29 is 4.79 Å². The molecule has 1 aromatic heterocycles. The molecule has 0 aromatic carbocycles. The lowest BCUT2D eigenvalue weighted by Gasteiger charge is -2.41. The highest BCUT2D eigenvalue weighted by molar-refractivity contribution is 7.10. The first-order chi connectivity index (χ1) is 9.75. The summed E-state index contributed by atoms with van der Waals surface area (Å²) in [6.45, 7) is 1.66. The number of rotatable bonds is 4. The largest absolute Gasteiger partial charge is 0.342 e. The maximum Gasteiger partial charge on any atom is 0.236 e. The molecule has 1 aliphatic carbocycles. The Bertz CT molecular complexity index is 439. The highest BCUT2D eigenvalue weighted by Crippen LogP contribution is 2.35. The molecule has 1 amide bonds. The van der Waals surface area contributed by atoms with Crippen molar-refractivity contribution in [1.29, 1.82) is 0 Å². The van der Waals surface area contributed by atoms with Crippen molar-refractivity contribution in [2.45, 2.75) is 50.6 Å². The van der Waals surface area contributed by atoms with E-state index in [1.54, 1.807) is 0 Å². The van der Waals surface area contributed by atoms with Crippen LogP contribution >= 0.6 is 11.3 Å². The van der Waals surface area contributed by atoms with Crippen LogP contribution in [-0.2, 0) is 4.79 Å². The molecule has 0 unspecified atom stereocenters. The van der Waals surface area contributed by atoms with Crippen molar-refractivity contribution in [1.82, 2.24) is 9.80 Å². The molecule has 2 aliphatic rings. The molecule has 1 atom stereocenters. The Hall–Kier alpha value is -0.870. The summed E-state index contributed by atoms with van der Waals surface area (Å²) in [4.78, 5) is 18.2. The second-order valence-corrected chi connectivity index (χ2v) is 7.07. The molecule has 1 saturated carbocycles. The van der Waals surface area contributed by atoms with Crippen molar-refractivity contribution >= 4 is 17.2 Å². The Morgan fingerprint density at radius 3 is 2.75 bits per heavy atom. The Balaban J connectivity index is 1.53. The Morgan fingerprint density at radius 1 is 1.35 bits per heavy atom. The van der Waals surface area contributed by atoms with Crippen molar-refractivity contribution in [3.05, 3.63) is 22.4 Å². The van der Waals surface area contributed by atoms with Gasteiger partial charge in [0.1, 0.15) is 0 Å². The van der Waals surface area contributed by atoms with Crippen molar-refractivity contribution in [2.24, 2.45) is 0 Å². The molecule has 0 radical (unpaired) electrons. The van der Waals surface area contributed by atoms with E-state index < -0.39 is 0 Å². The molecule has 0 bridgehead atoms. The van der Waals surface area contributed by atoms with E-state index in [0.717, 1.165) is 6.54 Å².